The molecule has 6 nitrogen and oxygen atoms in total. The maximum absolute atomic E-state index is 13.1. The summed E-state index contributed by atoms with van der Waals surface area (Å²) >= 11 is 0. The Hall–Kier alpha value is -2.50. The van der Waals surface area contributed by atoms with Gasteiger partial charge in [0, 0.05) is 0 Å². The Kier molecular flexibility index (Phi) is 6.66. The van der Waals surface area contributed by atoms with Gasteiger partial charge in [-0.3, -0.25) is 4.79 Å². The zero-order valence-electron chi connectivity index (χ0n) is 15.6. The quantitative estimate of drug-likeness (QED) is 0.695. The lowest BCUT2D eigenvalue weighted by Crippen LogP contribution is -2.49. The van der Waals surface area contributed by atoms with E-state index in [1.54, 1.807) is 32.4 Å². The van der Waals surface area contributed by atoms with E-state index in [0.29, 0.717) is 24.3 Å². The van der Waals surface area contributed by atoms with Crippen LogP contribution in [0.1, 0.15) is 44.6 Å². The van der Waals surface area contributed by atoms with Crippen molar-refractivity contribution < 1.29 is 24.2 Å². The summed E-state index contributed by atoms with van der Waals surface area (Å²) in [6, 6.07) is 4.55. The largest absolute Gasteiger partial charge is 0.493 e. The summed E-state index contributed by atoms with van der Waals surface area (Å²) < 4.78 is 10.7. The first-order valence-electron chi connectivity index (χ1n) is 8.86. The van der Waals surface area contributed by atoms with Gasteiger partial charge in [0.15, 0.2) is 11.5 Å². The van der Waals surface area contributed by atoms with Gasteiger partial charge in [0.05, 0.1) is 19.6 Å². The molecule has 0 heterocycles. The van der Waals surface area contributed by atoms with Crippen molar-refractivity contribution in [2.24, 2.45) is 0 Å². The fourth-order valence-electron chi connectivity index (χ4n) is 3.55. The maximum Gasteiger partial charge on any atom is 0.326 e. The van der Waals surface area contributed by atoms with Crippen LogP contribution in [0.5, 0.6) is 11.5 Å². The number of hydrogen-bond acceptors (Lipinski definition) is 4. The predicted molar refractivity (Wildman–Crippen MR) is 98.7 cm³/mol. The van der Waals surface area contributed by atoms with E-state index in [1.165, 1.54) is 0 Å². The lowest BCUT2D eigenvalue weighted by molar-refractivity contribution is -0.142. The molecule has 1 saturated carbocycles. The number of methoxy groups -OCH3 is 2. The fourth-order valence-corrected chi connectivity index (χ4v) is 3.55. The van der Waals surface area contributed by atoms with E-state index in [0.717, 1.165) is 18.4 Å². The smallest absolute Gasteiger partial charge is 0.326 e. The van der Waals surface area contributed by atoms with Crippen LogP contribution in [0, 0.1) is 0 Å². The molecule has 0 spiro atoms. The van der Waals surface area contributed by atoms with Gasteiger partial charge in [-0.1, -0.05) is 31.1 Å². The van der Waals surface area contributed by atoms with Crippen molar-refractivity contribution in [3.8, 4) is 11.5 Å². The number of allylic oxidation sites excluding steroid dienone is 1. The maximum atomic E-state index is 13.1. The van der Waals surface area contributed by atoms with Crippen LogP contribution < -0.4 is 14.8 Å². The van der Waals surface area contributed by atoms with Gasteiger partial charge in [-0.25, -0.2) is 4.79 Å². The molecule has 142 valence electrons. The van der Waals surface area contributed by atoms with Crippen molar-refractivity contribution in [2.75, 3.05) is 14.2 Å². The van der Waals surface area contributed by atoms with Crippen LogP contribution in [0.25, 0.3) is 0 Å². The predicted octanol–water partition coefficient (Wildman–Crippen LogP) is 3.05. The standard InChI is InChI=1S/C20H27NO5/c1-4-5-8-15(18(22)23)21-19(24)20(11-6-7-12-20)14-9-10-16(25-2)17(13-14)26-3/h4-5,9-10,13,15H,6-8,11-12H2,1-3H3,(H,21,24)(H,22,23)/b5-4+. The molecule has 0 radical (unpaired) electrons. The zero-order valence-corrected chi connectivity index (χ0v) is 15.6. The van der Waals surface area contributed by atoms with Gasteiger partial charge in [-0.15, -0.1) is 0 Å². The molecule has 2 N–H and O–H groups in total. The van der Waals surface area contributed by atoms with Crippen LogP contribution >= 0.6 is 0 Å². The lowest BCUT2D eigenvalue weighted by Gasteiger charge is -2.30. The van der Waals surface area contributed by atoms with Crippen LogP contribution in [-0.2, 0) is 15.0 Å². The highest BCUT2D eigenvalue weighted by atomic mass is 16.5. The summed E-state index contributed by atoms with van der Waals surface area (Å²) in [6.45, 7) is 1.82. The molecule has 1 unspecified atom stereocenters. The Morgan fingerprint density at radius 2 is 1.88 bits per heavy atom. The molecule has 1 aromatic rings. The molecule has 2 rings (SSSR count). The third-order valence-corrected chi connectivity index (χ3v) is 5.04. The molecular weight excluding hydrogens is 334 g/mol. The highest BCUT2D eigenvalue weighted by Crippen LogP contribution is 2.44. The highest BCUT2D eigenvalue weighted by molar-refractivity contribution is 5.92. The molecule has 1 aliphatic carbocycles. The van der Waals surface area contributed by atoms with E-state index in [1.807, 2.05) is 19.1 Å². The number of ether oxygens (including phenoxy) is 2. The van der Waals surface area contributed by atoms with Crippen LogP contribution in [0.4, 0.5) is 0 Å². The second-order valence-electron chi connectivity index (χ2n) is 6.53. The normalized spacial score (nSPS) is 17.0. The van der Waals surface area contributed by atoms with Gasteiger partial charge in [-0.2, -0.15) is 0 Å². The van der Waals surface area contributed by atoms with Crippen LogP contribution in [-0.4, -0.2) is 37.2 Å². The molecule has 0 aromatic heterocycles. The Bertz CT molecular complexity index is 677. The number of carboxylic acid groups (broad SMARTS) is 1. The number of carboxylic acids is 1. The molecule has 1 aliphatic rings. The Labute approximate surface area is 154 Å². The number of hydrogen-bond donors (Lipinski definition) is 2. The summed E-state index contributed by atoms with van der Waals surface area (Å²) in [5.74, 6) is -0.106. The minimum Gasteiger partial charge on any atom is -0.493 e. The molecule has 0 saturated heterocycles. The van der Waals surface area contributed by atoms with Gasteiger partial charge < -0.3 is 19.9 Å². The summed E-state index contributed by atoms with van der Waals surface area (Å²) in [6.07, 6.45) is 7.01. The van der Waals surface area contributed by atoms with Crippen LogP contribution in [0.15, 0.2) is 30.4 Å². The first-order valence-corrected chi connectivity index (χ1v) is 8.86. The van der Waals surface area contributed by atoms with Crippen molar-refractivity contribution in [1.29, 1.82) is 0 Å². The second-order valence-corrected chi connectivity index (χ2v) is 6.53. The number of benzene rings is 1. The third-order valence-electron chi connectivity index (χ3n) is 5.04. The van der Waals surface area contributed by atoms with Crippen molar-refractivity contribution in [2.45, 2.75) is 50.5 Å². The minimum absolute atomic E-state index is 0.237. The van der Waals surface area contributed by atoms with Gasteiger partial charge in [-0.05, 0) is 43.9 Å². The molecule has 1 fully saturated rings. The van der Waals surface area contributed by atoms with E-state index in [2.05, 4.69) is 5.32 Å². The monoisotopic (exact) mass is 361 g/mol. The fraction of sp³-hybridized carbons (Fsp3) is 0.500. The number of nitrogens with one attached hydrogen (secondary N) is 1. The summed E-state index contributed by atoms with van der Waals surface area (Å²) in [5, 5.41) is 12.1. The van der Waals surface area contributed by atoms with E-state index in [-0.39, 0.29) is 12.3 Å². The zero-order chi connectivity index (χ0) is 19.2. The lowest BCUT2D eigenvalue weighted by atomic mass is 9.77. The van der Waals surface area contributed by atoms with E-state index < -0.39 is 17.4 Å². The van der Waals surface area contributed by atoms with Crippen molar-refractivity contribution in [3.63, 3.8) is 0 Å². The minimum atomic E-state index is -1.03. The molecule has 0 bridgehead atoms. The average Bonchev–Trinajstić information content (AvgIpc) is 3.15. The Balaban J connectivity index is 2.34. The number of amides is 1. The van der Waals surface area contributed by atoms with Gasteiger partial charge in [0.2, 0.25) is 5.91 Å². The first-order chi connectivity index (χ1) is 12.5. The van der Waals surface area contributed by atoms with E-state index in [9.17, 15) is 14.7 Å². The van der Waals surface area contributed by atoms with Crippen molar-refractivity contribution in [3.05, 3.63) is 35.9 Å². The number of rotatable bonds is 8. The van der Waals surface area contributed by atoms with Crippen molar-refractivity contribution in [1.82, 2.24) is 5.32 Å². The first kappa shape index (κ1) is 19.8. The average molecular weight is 361 g/mol. The Morgan fingerprint density at radius 3 is 2.42 bits per heavy atom. The SMILES string of the molecule is C/C=C/CC(NC(=O)C1(c2ccc(OC)c(OC)c2)CCCC1)C(=O)O. The van der Waals surface area contributed by atoms with E-state index >= 15 is 0 Å². The molecule has 1 atom stereocenters. The van der Waals surface area contributed by atoms with E-state index in [4.69, 9.17) is 9.47 Å². The second kappa shape index (κ2) is 8.74. The summed E-state index contributed by atoms with van der Waals surface area (Å²) in [5.41, 5.74) is 0.101. The molecule has 1 amide bonds. The molecule has 0 aliphatic heterocycles. The van der Waals surface area contributed by atoms with Gasteiger partial charge in [0.25, 0.3) is 0 Å². The number of aliphatic carboxylic acids is 1. The number of carbonyl (C=O) groups is 2. The van der Waals surface area contributed by atoms with Crippen LogP contribution in [0.3, 0.4) is 0 Å². The summed E-state index contributed by atoms with van der Waals surface area (Å²) in [7, 11) is 3.12. The van der Waals surface area contributed by atoms with Gasteiger partial charge in [0.1, 0.15) is 6.04 Å². The molecule has 26 heavy (non-hydrogen) atoms. The van der Waals surface area contributed by atoms with Gasteiger partial charge >= 0.3 is 5.97 Å². The third kappa shape index (κ3) is 4.00. The summed E-state index contributed by atoms with van der Waals surface area (Å²) in [4.78, 5) is 24.6. The molecule has 6 heteroatoms. The number of carbonyl (C=O) groups excluding carboxylic acids is 1. The molecular formula is C20H27NO5. The van der Waals surface area contributed by atoms with Crippen LogP contribution in [0.2, 0.25) is 0 Å². The van der Waals surface area contributed by atoms with Crippen molar-refractivity contribution >= 4 is 11.9 Å². The highest BCUT2D eigenvalue weighted by Gasteiger charge is 2.44. The molecule has 1 aromatic carbocycles. The topological polar surface area (TPSA) is 84.9 Å². The Morgan fingerprint density at radius 1 is 1.23 bits per heavy atom.